The lowest BCUT2D eigenvalue weighted by molar-refractivity contribution is -0.119. The minimum Gasteiger partial charge on any atom is -0.452 e. The van der Waals surface area contributed by atoms with Gasteiger partial charge >= 0.3 is 5.97 Å². The summed E-state index contributed by atoms with van der Waals surface area (Å²) in [5.74, 6) is -0.496. The average molecular weight is 424 g/mol. The molecule has 0 fully saturated rings. The smallest absolute Gasteiger partial charge is 0.338 e. The van der Waals surface area contributed by atoms with E-state index in [2.05, 4.69) is 66.8 Å². The molecule has 0 spiro atoms. The quantitative estimate of drug-likeness (QED) is 0.533. The Kier molecular flexibility index (Phi) is 7.69. The lowest BCUT2D eigenvalue weighted by Crippen LogP contribution is -2.23. The summed E-state index contributed by atoms with van der Waals surface area (Å²) < 4.78 is 5.37. The van der Waals surface area contributed by atoms with Gasteiger partial charge in [0.2, 0.25) is 0 Å². The van der Waals surface area contributed by atoms with Crippen LogP contribution in [0.5, 0.6) is 0 Å². The number of anilines is 1. The number of benzene rings is 2. The van der Waals surface area contributed by atoms with Gasteiger partial charge in [0.1, 0.15) is 0 Å². The molecule has 0 heterocycles. The van der Waals surface area contributed by atoms with Crippen LogP contribution in [0.15, 0.2) is 42.5 Å². The fraction of sp³-hybridized carbons (Fsp3) is 0.481. The van der Waals surface area contributed by atoms with Crippen molar-refractivity contribution in [3.8, 4) is 0 Å². The average Bonchev–Trinajstić information content (AvgIpc) is 2.70. The van der Waals surface area contributed by atoms with E-state index in [0.29, 0.717) is 11.5 Å². The van der Waals surface area contributed by atoms with Crippen molar-refractivity contribution in [2.45, 2.75) is 78.6 Å². The fourth-order valence-electron chi connectivity index (χ4n) is 3.27. The van der Waals surface area contributed by atoms with Crippen LogP contribution in [0.1, 0.15) is 94.8 Å². The summed E-state index contributed by atoms with van der Waals surface area (Å²) in [6.45, 7) is 16.6. The zero-order valence-corrected chi connectivity index (χ0v) is 20.3. The zero-order chi connectivity index (χ0) is 23.4. The topological polar surface area (TPSA) is 55.4 Å². The number of carbonyl (C=O) groups is 2. The minimum atomic E-state index is -0.484. The van der Waals surface area contributed by atoms with Gasteiger partial charge in [-0.05, 0) is 58.1 Å². The number of esters is 1. The summed E-state index contributed by atoms with van der Waals surface area (Å²) >= 11 is 0. The van der Waals surface area contributed by atoms with Gasteiger partial charge in [-0.15, -0.1) is 0 Å². The van der Waals surface area contributed by atoms with Crippen LogP contribution < -0.4 is 5.32 Å². The van der Waals surface area contributed by atoms with E-state index >= 15 is 0 Å². The summed E-state index contributed by atoms with van der Waals surface area (Å²) in [4.78, 5) is 25.3. The normalized spacial score (nSPS) is 12.9. The van der Waals surface area contributed by atoms with Crippen LogP contribution in [0.3, 0.4) is 0 Å². The maximum Gasteiger partial charge on any atom is 0.338 e. The highest BCUT2D eigenvalue weighted by atomic mass is 16.5. The first-order chi connectivity index (χ1) is 14.3. The van der Waals surface area contributed by atoms with E-state index in [1.807, 2.05) is 36.4 Å². The van der Waals surface area contributed by atoms with Crippen LogP contribution in [0.25, 0.3) is 0 Å². The SMILES string of the molecule is CC[C@H](C)c1ccccc1NC(=O)COC(=O)c1cc(C(C)(C)C)cc(C(C)(C)C)c1. The molecular weight excluding hydrogens is 386 g/mol. The molecule has 1 N–H and O–H groups in total. The van der Waals surface area contributed by atoms with Crippen LogP contribution in [0.4, 0.5) is 5.69 Å². The van der Waals surface area contributed by atoms with Gasteiger partial charge in [0.05, 0.1) is 5.56 Å². The van der Waals surface area contributed by atoms with Gasteiger partial charge < -0.3 is 10.1 Å². The monoisotopic (exact) mass is 423 g/mol. The first-order valence-corrected chi connectivity index (χ1v) is 11.0. The number of nitrogens with one attached hydrogen (secondary N) is 1. The first kappa shape index (κ1) is 24.6. The maximum atomic E-state index is 12.8. The summed E-state index contributed by atoms with van der Waals surface area (Å²) in [5.41, 5.74) is 4.25. The van der Waals surface area contributed by atoms with E-state index in [1.54, 1.807) is 0 Å². The summed E-state index contributed by atoms with van der Waals surface area (Å²) in [6.07, 6.45) is 0.974. The van der Waals surface area contributed by atoms with Gasteiger partial charge in [-0.1, -0.05) is 79.7 Å². The number of carbonyl (C=O) groups excluding carboxylic acids is 2. The lowest BCUT2D eigenvalue weighted by Gasteiger charge is -2.25. The van der Waals surface area contributed by atoms with E-state index in [1.165, 1.54) is 0 Å². The van der Waals surface area contributed by atoms with Gasteiger partial charge in [-0.25, -0.2) is 4.79 Å². The molecular formula is C27H37NO3. The minimum absolute atomic E-state index is 0.104. The second-order valence-electron chi connectivity index (χ2n) is 10.3. The number of rotatable bonds is 6. The van der Waals surface area contributed by atoms with Crippen molar-refractivity contribution < 1.29 is 14.3 Å². The predicted octanol–water partition coefficient (Wildman–Crippen LogP) is 6.59. The highest BCUT2D eigenvalue weighted by molar-refractivity contribution is 5.96. The van der Waals surface area contributed by atoms with Crippen LogP contribution in [-0.4, -0.2) is 18.5 Å². The zero-order valence-electron chi connectivity index (χ0n) is 20.3. The molecule has 0 saturated carbocycles. The highest BCUT2D eigenvalue weighted by Crippen LogP contribution is 2.31. The van der Waals surface area contributed by atoms with Crippen LogP contribution in [-0.2, 0) is 20.4 Å². The third kappa shape index (κ3) is 6.68. The van der Waals surface area contributed by atoms with Crippen molar-refractivity contribution in [1.82, 2.24) is 0 Å². The maximum absolute atomic E-state index is 12.8. The Morgan fingerprint density at radius 1 is 0.935 bits per heavy atom. The van der Waals surface area contributed by atoms with Crippen LogP contribution in [0, 0.1) is 0 Å². The van der Waals surface area contributed by atoms with E-state index in [9.17, 15) is 9.59 Å². The molecule has 1 amide bonds. The molecule has 0 radical (unpaired) electrons. The Morgan fingerprint density at radius 2 is 1.48 bits per heavy atom. The fourth-order valence-corrected chi connectivity index (χ4v) is 3.27. The van der Waals surface area contributed by atoms with Crippen LogP contribution in [0.2, 0.25) is 0 Å². The molecule has 0 aliphatic rings. The standard InChI is InChI=1S/C27H37NO3/c1-9-18(2)22-12-10-11-13-23(22)28-24(29)17-31-25(30)19-14-20(26(3,4)5)16-21(15-19)27(6,7)8/h10-16,18H,9,17H2,1-8H3,(H,28,29)/t18-/m0/s1. The van der Waals surface area contributed by atoms with Crippen molar-refractivity contribution in [2.24, 2.45) is 0 Å². The van der Waals surface area contributed by atoms with Crippen molar-refractivity contribution >= 4 is 17.6 Å². The Morgan fingerprint density at radius 3 is 2.00 bits per heavy atom. The molecule has 4 heteroatoms. The molecule has 0 aromatic heterocycles. The third-order valence-corrected chi connectivity index (χ3v) is 5.61. The van der Waals surface area contributed by atoms with Gasteiger partial charge in [-0.3, -0.25) is 4.79 Å². The molecule has 2 rings (SSSR count). The van der Waals surface area contributed by atoms with Crippen molar-refractivity contribution in [3.05, 3.63) is 64.7 Å². The van der Waals surface area contributed by atoms with Crippen LogP contribution >= 0.6 is 0 Å². The molecule has 0 aliphatic carbocycles. The summed E-state index contributed by atoms with van der Waals surface area (Å²) in [5, 5.41) is 2.89. The van der Waals surface area contributed by atoms with Gasteiger partial charge in [0.25, 0.3) is 5.91 Å². The highest BCUT2D eigenvalue weighted by Gasteiger charge is 2.23. The molecule has 168 valence electrons. The first-order valence-electron chi connectivity index (χ1n) is 11.0. The molecule has 0 unspecified atom stereocenters. The molecule has 0 bridgehead atoms. The van der Waals surface area contributed by atoms with Gasteiger partial charge in [0, 0.05) is 5.69 Å². The predicted molar refractivity (Wildman–Crippen MR) is 128 cm³/mol. The molecule has 0 saturated heterocycles. The molecule has 31 heavy (non-hydrogen) atoms. The number of para-hydroxylation sites is 1. The Bertz CT molecular complexity index is 900. The van der Waals surface area contributed by atoms with E-state index in [0.717, 1.165) is 28.8 Å². The molecule has 1 atom stereocenters. The molecule has 4 nitrogen and oxygen atoms in total. The third-order valence-electron chi connectivity index (χ3n) is 5.61. The lowest BCUT2D eigenvalue weighted by atomic mass is 9.79. The Hall–Kier alpha value is -2.62. The van der Waals surface area contributed by atoms with Crippen molar-refractivity contribution in [3.63, 3.8) is 0 Å². The molecule has 0 aliphatic heterocycles. The largest absolute Gasteiger partial charge is 0.452 e. The van der Waals surface area contributed by atoms with Gasteiger partial charge in [0.15, 0.2) is 6.61 Å². The van der Waals surface area contributed by atoms with Gasteiger partial charge in [-0.2, -0.15) is 0 Å². The van der Waals surface area contributed by atoms with Crippen molar-refractivity contribution in [1.29, 1.82) is 0 Å². The summed E-state index contributed by atoms with van der Waals surface area (Å²) in [6, 6.07) is 13.6. The second kappa shape index (κ2) is 9.67. The Balaban J connectivity index is 2.15. The number of ether oxygens (including phenoxy) is 1. The number of hydrogen-bond acceptors (Lipinski definition) is 3. The summed E-state index contributed by atoms with van der Waals surface area (Å²) in [7, 11) is 0. The number of hydrogen-bond donors (Lipinski definition) is 1. The van der Waals surface area contributed by atoms with E-state index in [-0.39, 0.29) is 23.3 Å². The van der Waals surface area contributed by atoms with Crippen molar-refractivity contribution in [2.75, 3.05) is 11.9 Å². The van der Waals surface area contributed by atoms with E-state index in [4.69, 9.17) is 4.74 Å². The Labute approximate surface area is 187 Å². The second-order valence-corrected chi connectivity index (χ2v) is 10.3. The molecule has 2 aromatic carbocycles. The van der Waals surface area contributed by atoms with E-state index < -0.39 is 5.97 Å². The molecule has 2 aromatic rings. The number of amides is 1.